The molecule has 1 aromatic heterocycles. The number of hydrogen-bond donors (Lipinski definition) is 0. The van der Waals surface area contributed by atoms with Crippen LogP contribution in [0.3, 0.4) is 0 Å². The molecule has 2 aromatic rings. The van der Waals surface area contributed by atoms with Gasteiger partial charge < -0.3 is 9.64 Å². The Kier molecular flexibility index (Phi) is 5.03. The zero-order valence-electron chi connectivity index (χ0n) is 15.6. The maximum absolute atomic E-state index is 13.6. The van der Waals surface area contributed by atoms with Crippen molar-refractivity contribution in [2.45, 2.75) is 45.5 Å². The number of halogens is 4. The summed E-state index contributed by atoms with van der Waals surface area (Å²) in [5.41, 5.74) is -1.62. The van der Waals surface area contributed by atoms with Gasteiger partial charge in [-0.3, -0.25) is 0 Å². The second-order valence-electron chi connectivity index (χ2n) is 7.48. The average Bonchev–Trinajstić information content (AvgIpc) is 2.58. The summed E-state index contributed by atoms with van der Waals surface area (Å²) >= 11 is 0. The van der Waals surface area contributed by atoms with E-state index >= 15 is 0 Å². The van der Waals surface area contributed by atoms with Crippen LogP contribution in [0, 0.1) is 5.82 Å². The van der Waals surface area contributed by atoms with Gasteiger partial charge in [0.2, 0.25) is 0 Å². The molecule has 9 heteroatoms. The number of fused-ring (bicyclic) bond motifs is 1. The van der Waals surface area contributed by atoms with E-state index in [0.29, 0.717) is 0 Å². The normalized spacial score (nSPS) is 14.6. The first kappa shape index (κ1) is 20.0. The first-order chi connectivity index (χ1) is 12.9. The van der Waals surface area contributed by atoms with E-state index in [-0.39, 0.29) is 42.2 Å². The molecule has 0 bridgehead atoms. The van der Waals surface area contributed by atoms with Crippen molar-refractivity contribution >= 4 is 6.09 Å². The third-order valence-corrected chi connectivity index (χ3v) is 4.07. The molecule has 1 aliphatic rings. The second-order valence-corrected chi connectivity index (χ2v) is 7.48. The van der Waals surface area contributed by atoms with Crippen LogP contribution in [0.25, 0.3) is 11.4 Å². The van der Waals surface area contributed by atoms with Gasteiger partial charge in [0.15, 0.2) is 11.5 Å². The minimum atomic E-state index is -4.69. The lowest BCUT2D eigenvalue weighted by Gasteiger charge is -2.31. The molecule has 1 amide bonds. The van der Waals surface area contributed by atoms with Crippen LogP contribution in [-0.4, -0.2) is 33.1 Å². The Hall–Kier alpha value is -2.71. The van der Waals surface area contributed by atoms with Crippen LogP contribution in [0.1, 0.15) is 37.7 Å². The van der Waals surface area contributed by atoms with Crippen LogP contribution < -0.4 is 0 Å². The zero-order chi connectivity index (χ0) is 20.7. The van der Waals surface area contributed by atoms with Gasteiger partial charge in [0.05, 0.1) is 12.2 Å². The largest absolute Gasteiger partial charge is 0.444 e. The number of hydrogen-bond acceptors (Lipinski definition) is 4. The molecular formula is C19H19F4N3O2. The SMILES string of the molecule is CC(C)(C)OC(=O)N1CCc2c(nc(-c3cccc(F)c3)nc2C(F)(F)F)C1. The fourth-order valence-electron chi connectivity index (χ4n) is 2.90. The van der Waals surface area contributed by atoms with Gasteiger partial charge in [-0.25, -0.2) is 19.2 Å². The van der Waals surface area contributed by atoms with Crippen molar-refractivity contribution in [3.05, 3.63) is 47.0 Å². The van der Waals surface area contributed by atoms with Crippen LogP contribution >= 0.6 is 0 Å². The summed E-state index contributed by atoms with van der Waals surface area (Å²) in [4.78, 5) is 21.5. The molecule has 150 valence electrons. The van der Waals surface area contributed by atoms with Gasteiger partial charge in [-0.1, -0.05) is 12.1 Å². The first-order valence-corrected chi connectivity index (χ1v) is 8.65. The number of carbonyl (C=O) groups excluding carboxylic acids is 1. The van der Waals surface area contributed by atoms with Gasteiger partial charge >= 0.3 is 12.3 Å². The van der Waals surface area contributed by atoms with Crippen molar-refractivity contribution in [1.29, 1.82) is 0 Å². The number of amides is 1. The summed E-state index contributed by atoms with van der Waals surface area (Å²) in [6.07, 6.45) is -5.37. The predicted molar refractivity (Wildman–Crippen MR) is 92.8 cm³/mol. The Morgan fingerprint density at radius 2 is 1.89 bits per heavy atom. The molecule has 0 radical (unpaired) electrons. The monoisotopic (exact) mass is 397 g/mol. The number of ether oxygens (including phenoxy) is 1. The lowest BCUT2D eigenvalue weighted by atomic mass is 10.0. The topological polar surface area (TPSA) is 55.3 Å². The highest BCUT2D eigenvalue weighted by Gasteiger charge is 2.39. The first-order valence-electron chi connectivity index (χ1n) is 8.65. The van der Waals surface area contributed by atoms with Crippen molar-refractivity contribution in [2.75, 3.05) is 6.54 Å². The fraction of sp³-hybridized carbons (Fsp3) is 0.421. The van der Waals surface area contributed by atoms with Crippen molar-refractivity contribution < 1.29 is 27.1 Å². The molecule has 0 saturated heterocycles. The maximum Gasteiger partial charge on any atom is 0.433 e. The van der Waals surface area contributed by atoms with E-state index in [1.165, 1.54) is 23.1 Å². The van der Waals surface area contributed by atoms with Crippen LogP contribution in [0.15, 0.2) is 24.3 Å². The molecule has 0 fully saturated rings. The highest BCUT2D eigenvalue weighted by molar-refractivity contribution is 5.68. The third kappa shape index (κ3) is 4.40. The fourth-order valence-corrected chi connectivity index (χ4v) is 2.90. The molecule has 0 unspecified atom stereocenters. The number of carbonyl (C=O) groups is 1. The van der Waals surface area contributed by atoms with Gasteiger partial charge in [-0.15, -0.1) is 0 Å². The van der Waals surface area contributed by atoms with E-state index in [4.69, 9.17) is 4.74 Å². The Bertz CT molecular complexity index is 907. The van der Waals surface area contributed by atoms with E-state index in [1.54, 1.807) is 20.8 Å². The Morgan fingerprint density at radius 1 is 1.18 bits per heavy atom. The number of nitrogens with zero attached hydrogens (tertiary/aromatic N) is 3. The zero-order valence-corrected chi connectivity index (χ0v) is 15.6. The highest BCUT2D eigenvalue weighted by Crippen LogP contribution is 2.35. The molecule has 0 spiro atoms. The van der Waals surface area contributed by atoms with Crippen molar-refractivity contribution in [3.8, 4) is 11.4 Å². The van der Waals surface area contributed by atoms with Gasteiger partial charge in [-0.2, -0.15) is 13.2 Å². The molecule has 5 nitrogen and oxygen atoms in total. The van der Waals surface area contributed by atoms with Crippen molar-refractivity contribution in [2.24, 2.45) is 0 Å². The Morgan fingerprint density at radius 3 is 2.50 bits per heavy atom. The third-order valence-electron chi connectivity index (χ3n) is 4.07. The number of benzene rings is 1. The number of alkyl halides is 3. The summed E-state index contributed by atoms with van der Waals surface area (Å²) in [6.45, 7) is 5.03. The second kappa shape index (κ2) is 7.03. The Labute approximate surface area is 159 Å². The number of rotatable bonds is 1. The maximum atomic E-state index is 13.6. The number of aromatic nitrogens is 2. The van der Waals surface area contributed by atoms with Crippen molar-refractivity contribution in [3.63, 3.8) is 0 Å². The molecule has 2 heterocycles. The van der Waals surface area contributed by atoms with E-state index in [2.05, 4.69) is 9.97 Å². The highest BCUT2D eigenvalue weighted by atomic mass is 19.4. The van der Waals surface area contributed by atoms with E-state index in [9.17, 15) is 22.4 Å². The molecule has 0 saturated carbocycles. The van der Waals surface area contributed by atoms with E-state index < -0.39 is 29.4 Å². The quantitative estimate of drug-likeness (QED) is 0.661. The van der Waals surface area contributed by atoms with E-state index in [1.807, 2.05) is 0 Å². The molecule has 0 atom stereocenters. The van der Waals surface area contributed by atoms with Crippen molar-refractivity contribution in [1.82, 2.24) is 14.9 Å². The van der Waals surface area contributed by atoms with Gasteiger partial charge in [0.1, 0.15) is 11.4 Å². The van der Waals surface area contributed by atoms with Crippen LogP contribution in [0.4, 0.5) is 22.4 Å². The average molecular weight is 397 g/mol. The smallest absolute Gasteiger partial charge is 0.433 e. The van der Waals surface area contributed by atoms with E-state index in [0.717, 1.165) is 6.07 Å². The predicted octanol–water partition coefficient (Wildman–Crippen LogP) is 4.59. The molecule has 1 aliphatic heterocycles. The standard InChI is InChI=1S/C19H19F4N3O2/c1-18(2,3)28-17(27)26-8-7-13-14(10-26)24-16(25-15(13)19(21,22)23)11-5-4-6-12(20)9-11/h4-6,9H,7-8,10H2,1-3H3. The van der Waals surface area contributed by atoms with Crippen LogP contribution in [0.2, 0.25) is 0 Å². The lowest BCUT2D eigenvalue weighted by molar-refractivity contribution is -0.142. The lowest BCUT2D eigenvalue weighted by Crippen LogP contribution is -2.41. The van der Waals surface area contributed by atoms with Crippen LogP contribution in [0.5, 0.6) is 0 Å². The minimum Gasteiger partial charge on any atom is -0.444 e. The Balaban J connectivity index is 2.02. The van der Waals surface area contributed by atoms with Gasteiger partial charge in [-0.05, 0) is 39.3 Å². The molecule has 28 heavy (non-hydrogen) atoms. The van der Waals surface area contributed by atoms with Crippen LogP contribution in [-0.2, 0) is 23.9 Å². The minimum absolute atomic E-state index is 0.0486. The molecule has 0 N–H and O–H groups in total. The molecule has 1 aromatic carbocycles. The molecule has 3 rings (SSSR count). The molecular weight excluding hydrogens is 378 g/mol. The summed E-state index contributed by atoms with van der Waals surface area (Å²) in [5, 5.41) is 0. The van der Waals surface area contributed by atoms with Gasteiger partial charge in [0.25, 0.3) is 0 Å². The summed E-state index contributed by atoms with van der Waals surface area (Å²) < 4.78 is 59.5. The summed E-state index contributed by atoms with van der Waals surface area (Å²) in [5.74, 6) is -0.848. The molecule has 0 aliphatic carbocycles. The van der Waals surface area contributed by atoms with Gasteiger partial charge in [0, 0.05) is 17.7 Å². The summed E-state index contributed by atoms with van der Waals surface area (Å²) in [7, 11) is 0. The summed E-state index contributed by atoms with van der Waals surface area (Å²) in [6, 6.07) is 5.04.